The number of halogens is 4. The predicted molar refractivity (Wildman–Crippen MR) is 48.1 cm³/mol. The zero-order chi connectivity index (χ0) is 9.90. The van der Waals surface area contributed by atoms with Gasteiger partial charge in [-0.15, -0.1) is 0 Å². The van der Waals surface area contributed by atoms with Gasteiger partial charge in [-0.05, 0) is 12.8 Å². The smallest absolute Gasteiger partial charge is 0.286 e. The van der Waals surface area contributed by atoms with E-state index in [4.69, 9.17) is 23.2 Å². The van der Waals surface area contributed by atoms with Gasteiger partial charge in [0, 0.05) is 0 Å². The second-order valence-corrected chi connectivity index (χ2v) is 4.29. The van der Waals surface area contributed by atoms with Crippen molar-refractivity contribution < 1.29 is 13.5 Å². The molecule has 13 heavy (non-hydrogen) atoms. The number of hydrogen-bond acceptors (Lipinski definition) is 1. The Bertz CT molecular complexity index is 158. The summed E-state index contributed by atoms with van der Waals surface area (Å²) in [7, 11) is 0. The van der Waals surface area contributed by atoms with Gasteiger partial charge in [0.1, 0.15) is 0 Å². The molecule has 0 radical (unpaired) electrons. The van der Waals surface area contributed by atoms with Crippen molar-refractivity contribution in [2.75, 3.05) is 0 Å². The Morgan fingerprint density at radius 1 is 1.15 bits per heavy atom. The van der Waals surface area contributed by atoms with E-state index in [1.54, 1.807) is 0 Å². The second-order valence-electron chi connectivity index (χ2n) is 3.28. The normalized spacial score (nSPS) is 21.0. The van der Waals surface area contributed by atoms with E-state index in [9.17, 15) is 8.78 Å². The van der Waals surface area contributed by atoms with E-state index >= 15 is 0 Å². The Morgan fingerprint density at radius 3 is 2.15 bits per heavy atom. The van der Waals surface area contributed by atoms with Crippen molar-refractivity contribution in [3.63, 3.8) is 0 Å². The van der Waals surface area contributed by atoms with Gasteiger partial charge in [0.25, 0.3) is 0 Å². The van der Waals surface area contributed by atoms with Crippen molar-refractivity contribution in [2.45, 2.75) is 43.2 Å². The lowest BCUT2D eigenvalue weighted by molar-refractivity contribution is -0.273. The van der Waals surface area contributed by atoms with Crippen LogP contribution in [0.2, 0.25) is 0 Å². The van der Waals surface area contributed by atoms with E-state index in [1.165, 1.54) is 0 Å². The van der Waals surface area contributed by atoms with Crippen molar-refractivity contribution in [3.8, 4) is 0 Å². The molecule has 0 aromatic rings. The highest BCUT2D eigenvalue weighted by atomic mass is 35.5. The van der Waals surface area contributed by atoms with Crippen LogP contribution >= 0.6 is 23.2 Å². The number of rotatable bonds is 3. The summed E-state index contributed by atoms with van der Waals surface area (Å²) in [4.78, 5) is 0. The molecule has 1 fully saturated rings. The van der Waals surface area contributed by atoms with Crippen molar-refractivity contribution >= 4 is 23.2 Å². The minimum Gasteiger partial charge on any atom is -0.286 e. The molecule has 0 aliphatic heterocycles. The minimum absolute atomic E-state index is 0.494. The van der Waals surface area contributed by atoms with Gasteiger partial charge in [0.2, 0.25) is 5.02 Å². The molecule has 1 aliphatic carbocycles. The van der Waals surface area contributed by atoms with E-state index in [0.29, 0.717) is 12.8 Å². The fourth-order valence-electron chi connectivity index (χ4n) is 1.65. The van der Waals surface area contributed by atoms with Crippen LogP contribution in [0.4, 0.5) is 8.78 Å². The maximum Gasteiger partial charge on any atom is 0.360 e. The van der Waals surface area contributed by atoms with Crippen molar-refractivity contribution in [1.82, 2.24) is 0 Å². The van der Waals surface area contributed by atoms with Gasteiger partial charge in [-0.25, -0.2) is 0 Å². The summed E-state index contributed by atoms with van der Waals surface area (Å²) in [5, 5.41) is -1.45. The predicted octanol–water partition coefficient (Wildman–Crippen LogP) is 3.94. The van der Waals surface area contributed by atoms with Gasteiger partial charge >= 0.3 is 6.11 Å². The third kappa shape index (κ3) is 3.56. The Morgan fingerprint density at radius 2 is 1.69 bits per heavy atom. The van der Waals surface area contributed by atoms with E-state index < -0.39 is 17.0 Å². The van der Waals surface area contributed by atoms with Crippen LogP contribution in [0.1, 0.15) is 32.1 Å². The first-order valence-corrected chi connectivity index (χ1v) is 5.23. The summed E-state index contributed by atoms with van der Waals surface area (Å²) in [5.41, 5.74) is 0. The Hall–Kier alpha value is 0.400. The highest BCUT2D eigenvalue weighted by Crippen LogP contribution is 2.38. The molecule has 0 heterocycles. The highest BCUT2D eigenvalue weighted by molar-refractivity contribution is 6.43. The second kappa shape index (κ2) is 4.76. The summed E-state index contributed by atoms with van der Waals surface area (Å²) in [5.74, 6) is -0.721. The summed E-state index contributed by atoms with van der Waals surface area (Å²) >= 11 is 10.3. The van der Waals surface area contributed by atoms with E-state index in [2.05, 4.69) is 4.74 Å². The van der Waals surface area contributed by atoms with Gasteiger partial charge in [-0.2, -0.15) is 8.78 Å². The highest BCUT2D eigenvalue weighted by Gasteiger charge is 2.42. The van der Waals surface area contributed by atoms with Crippen LogP contribution in [0, 0.1) is 5.92 Å². The average molecular weight is 233 g/mol. The van der Waals surface area contributed by atoms with Crippen LogP contribution in [0.15, 0.2) is 0 Å². The molecule has 0 atom stereocenters. The van der Waals surface area contributed by atoms with Crippen LogP contribution in [0.3, 0.4) is 0 Å². The fraction of sp³-hybridized carbons (Fsp3) is 1.00. The first kappa shape index (κ1) is 11.5. The van der Waals surface area contributed by atoms with Gasteiger partial charge in [0.05, 0.1) is 5.92 Å². The van der Waals surface area contributed by atoms with Gasteiger partial charge in [-0.1, -0.05) is 42.5 Å². The molecule has 0 spiro atoms. The summed E-state index contributed by atoms with van der Waals surface area (Å²) in [6, 6.07) is 0. The molecule has 1 rings (SSSR count). The summed E-state index contributed by atoms with van der Waals surface area (Å²) in [6.07, 6.45) is 0.505. The zero-order valence-corrected chi connectivity index (χ0v) is 8.62. The first-order valence-electron chi connectivity index (χ1n) is 4.36. The molecule has 0 amide bonds. The lowest BCUT2D eigenvalue weighted by Crippen LogP contribution is -2.34. The number of alkyl halides is 4. The number of hydrogen-bond donors (Lipinski definition) is 0. The van der Waals surface area contributed by atoms with Crippen LogP contribution in [-0.2, 0) is 4.74 Å². The summed E-state index contributed by atoms with van der Waals surface area (Å²) < 4.78 is 30.5. The standard InChI is InChI=1S/C8H12Cl2F2O/c9-7(10)13-8(11,12)6-4-2-1-3-5-6/h6-7H,1-5H2. The molecule has 0 bridgehead atoms. The van der Waals surface area contributed by atoms with Crippen LogP contribution < -0.4 is 0 Å². The lowest BCUT2D eigenvalue weighted by atomic mass is 9.88. The first-order chi connectivity index (χ1) is 6.02. The van der Waals surface area contributed by atoms with Gasteiger partial charge in [0.15, 0.2) is 0 Å². The molecule has 1 nitrogen and oxygen atoms in total. The van der Waals surface area contributed by atoms with Crippen molar-refractivity contribution in [1.29, 1.82) is 0 Å². The topological polar surface area (TPSA) is 9.23 Å². The molecule has 5 heteroatoms. The fourth-order valence-corrected chi connectivity index (χ4v) is 1.89. The monoisotopic (exact) mass is 232 g/mol. The Balaban J connectivity index is 2.45. The van der Waals surface area contributed by atoms with Crippen LogP contribution in [0.25, 0.3) is 0 Å². The molecule has 1 aliphatic rings. The Kier molecular flexibility index (Phi) is 4.20. The van der Waals surface area contributed by atoms with Crippen LogP contribution in [0.5, 0.6) is 0 Å². The third-order valence-electron chi connectivity index (χ3n) is 2.33. The zero-order valence-electron chi connectivity index (χ0n) is 7.11. The SMILES string of the molecule is FC(F)(OC(Cl)Cl)C1CCCCC1. The minimum atomic E-state index is -3.17. The maximum atomic E-state index is 13.2. The van der Waals surface area contributed by atoms with Crippen LogP contribution in [-0.4, -0.2) is 11.1 Å². The van der Waals surface area contributed by atoms with Crippen molar-refractivity contribution in [2.24, 2.45) is 5.92 Å². The quantitative estimate of drug-likeness (QED) is 0.671. The third-order valence-corrected chi connectivity index (χ3v) is 2.50. The lowest BCUT2D eigenvalue weighted by Gasteiger charge is -2.29. The molecule has 0 saturated heterocycles. The maximum absolute atomic E-state index is 13.2. The molecule has 0 N–H and O–H groups in total. The Labute approximate surface area is 86.3 Å². The molecular formula is C8H12Cl2F2O. The molecular weight excluding hydrogens is 221 g/mol. The molecule has 0 unspecified atom stereocenters. The molecule has 1 saturated carbocycles. The molecule has 0 aromatic carbocycles. The van der Waals surface area contributed by atoms with E-state index in [0.717, 1.165) is 19.3 Å². The summed E-state index contributed by atoms with van der Waals surface area (Å²) in [6.45, 7) is 0. The van der Waals surface area contributed by atoms with E-state index in [1.807, 2.05) is 0 Å². The molecule has 0 aromatic heterocycles. The molecule has 78 valence electrons. The van der Waals surface area contributed by atoms with Gasteiger partial charge < -0.3 is 0 Å². The van der Waals surface area contributed by atoms with E-state index in [-0.39, 0.29) is 0 Å². The largest absolute Gasteiger partial charge is 0.360 e. The van der Waals surface area contributed by atoms with Gasteiger partial charge in [-0.3, -0.25) is 4.74 Å². The average Bonchev–Trinajstić information content (AvgIpc) is 2.04. The number of ether oxygens (including phenoxy) is 1. The van der Waals surface area contributed by atoms with Crippen molar-refractivity contribution in [3.05, 3.63) is 0 Å².